The number of fused-ring (bicyclic) bond motifs is 2. The van der Waals surface area contributed by atoms with Gasteiger partial charge in [0, 0.05) is 36.4 Å². The number of carbonyl (C=O) groups is 1. The topological polar surface area (TPSA) is 60.2 Å². The first-order valence-corrected chi connectivity index (χ1v) is 11.8. The molecule has 1 atom stereocenters. The number of carbonyl (C=O) groups excluding carboxylic acids is 1. The van der Waals surface area contributed by atoms with E-state index >= 15 is 0 Å². The summed E-state index contributed by atoms with van der Waals surface area (Å²) in [6.07, 6.45) is 9.32. The Kier molecular flexibility index (Phi) is 5.13. The molecule has 1 saturated heterocycles. The molecule has 1 aliphatic heterocycles. The number of pyridine rings is 1. The standard InChI is InChI=1S/C28H26N4O2/c1-2-27(33)31-16-14-21(18-31)32-25-13-15-29-17-24(25)28(30-32)20-9-11-22(12-10-20)34-26-8-4-6-19-5-3-7-23(19)26/h2,4,6,8-13,15,17,21H,1,3,5,7,14,16,18H2. The minimum absolute atomic E-state index is 0.0273. The van der Waals surface area contributed by atoms with Gasteiger partial charge < -0.3 is 9.64 Å². The number of likely N-dealkylation sites (tertiary alicyclic amines) is 1. The minimum atomic E-state index is -0.0273. The van der Waals surface area contributed by atoms with Gasteiger partial charge in [0.25, 0.3) is 0 Å². The maximum atomic E-state index is 12.1. The molecule has 0 spiro atoms. The highest BCUT2D eigenvalue weighted by atomic mass is 16.5. The van der Waals surface area contributed by atoms with Gasteiger partial charge in [0.2, 0.25) is 5.91 Å². The molecule has 170 valence electrons. The number of nitrogens with zero attached hydrogens (tertiary/aromatic N) is 4. The molecule has 6 rings (SSSR count). The van der Waals surface area contributed by atoms with Gasteiger partial charge in [-0.15, -0.1) is 0 Å². The number of ether oxygens (including phenoxy) is 1. The Balaban J connectivity index is 1.30. The fourth-order valence-electron chi connectivity index (χ4n) is 5.24. The van der Waals surface area contributed by atoms with E-state index in [0.29, 0.717) is 13.1 Å². The van der Waals surface area contributed by atoms with Crippen molar-refractivity contribution in [2.45, 2.75) is 31.7 Å². The van der Waals surface area contributed by atoms with Crippen molar-refractivity contribution in [2.24, 2.45) is 0 Å². The number of benzene rings is 2. The van der Waals surface area contributed by atoms with Crippen LogP contribution in [-0.4, -0.2) is 38.7 Å². The summed E-state index contributed by atoms with van der Waals surface area (Å²) in [5.74, 6) is 1.75. The zero-order valence-corrected chi connectivity index (χ0v) is 19.0. The van der Waals surface area contributed by atoms with E-state index in [1.807, 2.05) is 29.3 Å². The average molecular weight is 451 g/mol. The van der Waals surface area contributed by atoms with E-state index in [1.165, 1.54) is 23.6 Å². The summed E-state index contributed by atoms with van der Waals surface area (Å²) >= 11 is 0. The number of hydrogen-bond acceptors (Lipinski definition) is 4. The molecule has 0 radical (unpaired) electrons. The molecule has 0 N–H and O–H groups in total. The molecular formula is C28H26N4O2. The zero-order chi connectivity index (χ0) is 23.1. The van der Waals surface area contributed by atoms with Crippen molar-refractivity contribution < 1.29 is 9.53 Å². The van der Waals surface area contributed by atoms with E-state index in [4.69, 9.17) is 9.84 Å². The highest BCUT2D eigenvalue weighted by molar-refractivity contribution is 5.93. The molecule has 6 heteroatoms. The number of amides is 1. The molecule has 1 fully saturated rings. The lowest BCUT2D eigenvalue weighted by Crippen LogP contribution is -2.27. The molecule has 4 aromatic rings. The molecule has 1 amide bonds. The lowest BCUT2D eigenvalue weighted by atomic mass is 10.1. The van der Waals surface area contributed by atoms with Crippen LogP contribution in [0.4, 0.5) is 0 Å². The van der Waals surface area contributed by atoms with E-state index < -0.39 is 0 Å². The number of aromatic nitrogens is 3. The van der Waals surface area contributed by atoms with Crippen LogP contribution in [-0.2, 0) is 17.6 Å². The van der Waals surface area contributed by atoms with Crippen LogP contribution in [0.25, 0.3) is 22.2 Å². The predicted octanol–water partition coefficient (Wildman–Crippen LogP) is 5.34. The first kappa shape index (κ1) is 20.7. The molecule has 0 saturated carbocycles. The Morgan fingerprint density at radius 3 is 2.85 bits per heavy atom. The zero-order valence-electron chi connectivity index (χ0n) is 19.0. The van der Waals surface area contributed by atoms with E-state index in [0.717, 1.165) is 52.9 Å². The van der Waals surface area contributed by atoms with Crippen LogP contribution in [0.1, 0.15) is 30.0 Å². The molecule has 6 nitrogen and oxygen atoms in total. The van der Waals surface area contributed by atoms with E-state index in [9.17, 15) is 4.79 Å². The quantitative estimate of drug-likeness (QED) is 0.385. The van der Waals surface area contributed by atoms with Gasteiger partial charge in [-0.3, -0.25) is 14.5 Å². The highest BCUT2D eigenvalue weighted by Crippen LogP contribution is 2.36. The second-order valence-electron chi connectivity index (χ2n) is 8.99. The third kappa shape index (κ3) is 3.55. The number of rotatable bonds is 5. The van der Waals surface area contributed by atoms with Crippen LogP contribution in [0.2, 0.25) is 0 Å². The van der Waals surface area contributed by atoms with Gasteiger partial charge in [0.15, 0.2) is 0 Å². The third-order valence-corrected chi connectivity index (χ3v) is 6.96. The second kappa shape index (κ2) is 8.45. The van der Waals surface area contributed by atoms with Gasteiger partial charge in [0.1, 0.15) is 17.2 Å². The van der Waals surface area contributed by atoms with Gasteiger partial charge in [-0.2, -0.15) is 5.10 Å². The molecule has 3 heterocycles. The summed E-state index contributed by atoms with van der Waals surface area (Å²) in [6, 6.07) is 16.6. The van der Waals surface area contributed by atoms with E-state index in [1.54, 1.807) is 6.20 Å². The first-order chi connectivity index (χ1) is 16.7. The van der Waals surface area contributed by atoms with Crippen LogP contribution in [0.5, 0.6) is 11.5 Å². The Morgan fingerprint density at radius 2 is 2.00 bits per heavy atom. The maximum absolute atomic E-state index is 12.1. The summed E-state index contributed by atoms with van der Waals surface area (Å²) < 4.78 is 8.30. The largest absolute Gasteiger partial charge is 0.457 e. The minimum Gasteiger partial charge on any atom is -0.457 e. The fourth-order valence-corrected chi connectivity index (χ4v) is 5.24. The lowest BCUT2D eigenvalue weighted by Gasteiger charge is -2.15. The summed E-state index contributed by atoms with van der Waals surface area (Å²) in [7, 11) is 0. The van der Waals surface area contributed by atoms with Crippen molar-refractivity contribution in [2.75, 3.05) is 13.1 Å². The molecule has 1 unspecified atom stereocenters. The number of hydrogen-bond donors (Lipinski definition) is 0. The number of aryl methyl sites for hydroxylation is 1. The van der Waals surface area contributed by atoms with Crippen LogP contribution in [0, 0.1) is 0 Å². The Bertz CT molecular complexity index is 1390. The second-order valence-corrected chi connectivity index (χ2v) is 8.99. The van der Waals surface area contributed by atoms with E-state index in [-0.39, 0.29) is 11.9 Å². The molecular weight excluding hydrogens is 424 g/mol. The average Bonchev–Trinajstić information content (AvgIpc) is 3.62. The van der Waals surface area contributed by atoms with Gasteiger partial charge in [-0.1, -0.05) is 18.7 Å². The lowest BCUT2D eigenvalue weighted by molar-refractivity contribution is -0.125. The van der Waals surface area contributed by atoms with Crippen LogP contribution in [0.15, 0.2) is 73.6 Å². The molecule has 0 bridgehead atoms. The van der Waals surface area contributed by atoms with Crippen molar-refractivity contribution in [3.8, 4) is 22.8 Å². The summed E-state index contributed by atoms with van der Waals surface area (Å²) in [4.78, 5) is 18.2. The normalized spacial score (nSPS) is 17.2. The van der Waals surface area contributed by atoms with E-state index in [2.05, 4.69) is 46.6 Å². The maximum Gasteiger partial charge on any atom is 0.246 e. The van der Waals surface area contributed by atoms with Crippen LogP contribution >= 0.6 is 0 Å². The first-order valence-electron chi connectivity index (χ1n) is 11.8. The summed E-state index contributed by atoms with van der Waals surface area (Å²) in [5.41, 5.74) is 5.67. The SMILES string of the molecule is C=CC(=O)N1CCC(n2nc(-c3ccc(Oc4cccc5c4CCC5)cc3)c3cnccc32)C1. The summed E-state index contributed by atoms with van der Waals surface area (Å²) in [5, 5.41) is 6.00. The molecule has 2 aromatic carbocycles. The third-order valence-electron chi connectivity index (χ3n) is 6.96. The highest BCUT2D eigenvalue weighted by Gasteiger charge is 2.28. The van der Waals surface area contributed by atoms with Gasteiger partial charge in [0.05, 0.1) is 11.6 Å². The van der Waals surface area contributed by atoms with Crippen molar-refractivity contribution in [3.05, 3.63) is 84.7 Å². The van der Waals surface area contributed by atoms with Gasteiger partial charge >= 0.3 is 0 Å². The van der Waals surface area contributed by atoms with Crippen molar-refractivity contribution in [1.29, 1.82) is 0 Å². The molecule has 2 aliphatic rings. The van der Waals surface area contributed by atoms with Crippen molar-refractivity contribution in [3.63, 3.8) is 0 Å². The fraction of sp³-hybridized carbons (Fsp3) is 0.250. The Morgan fingerprint density at radius 1 is 1.12 bits per heavy atom. The molecule has 2 aromatic heterocycles. The Labute approximate surface area is 198 Å². The molecule has 1 aliphatic carbocycles. The smallest absolute Gasteiger partial charge is 0.246 e. The van der Waals surface area contributed by atoms with Crippen LogP contribution in [0.3, 0.4) is 0 Å². The van der Waals surface area contributed by atoms with Crippen molar-refractivity contribution in [1.82, 2.24) is 19.7 Å². The van der Waals surface area contributed by atoms with Crippen LogP contribution < -0.4 is 4.74 Å². The molecule has 34 heavy (non-hydrogen) atoms. The monoisotopic (exact) mass is 450 g/mol. The predicted molar refractivity (Wildman–Crippen MR) is 132 cm³/mol. The van der Waals surface area contributed by atoms with Gasteiger partial charge in [-0.25, -0.2) is 0 Å². The Hall–Kier alpha value is -3.93. The summed E-state index contributed by atoms with van der Waals surface area (Å²) in [6.45, 7) is 4.97. The van der Waals surface area contributed by atoms with Gasteiger partial charge in [-0.05, 0) is 79.3 Å². The van der Waals surface area contributed by atoms with Crippen molar-refractivity contribution >= 4 is 16.8 Å².